The van der Waals surface area contributed by atoms with Crippen molar-refractivity contribution in [2.45, 2.75) is 11.8 Å². The first-order chi connectivity index (χ1) is 7.69. The zero-order chi connectivity index (χ0) is 12.0. The molecule has 4 nitrogen and oxygen atoms in total. The molecule has 2 N–H and O–H groups in total. The highest BCUT2D eigenvalue weighted by molar-refractivity contribution is 8.14. The third-order valence-electron chi connectivity index (χ3n) is 2.07. The molecule has 1 atom stereocenters. The Balaban J connectivity index is 2.74. The molecule has 1 aromatic rings. The van der Waals surface area contributed by atoms with Crippen molar-refractivity contribution in [3.63, 3.8) is 0 Å². The first-order valence-electron chi connectivity index (χ1n) is 4.85. The smallest absolute Gasteiger partial charge is 0.229 e. The van der Waals surface area contributed by atoms with Crippen LogP contribution in [-0.2, 0) is 4.79 Å². The number of rotatable bonds is 3. The van der Waals surface area contributed by atoms with Crippen molar-refractivity contribution in [2.75, 3.05) is 7.05 Å². The Labute approximate surface area is 98.7 Å². The quantitative estimate of drug-likeness (QED) is 0.278. The Morgan fingerprint density at radius 3 is 2.56 bits per heavy atom. The van der Waals surface area contributed by atoms with Gasteiger partial charge in [0.05, 0.1) is 5.92 Å². The summed E-state index contributed by atoms with van der Waals surface area (Å²) in [7, 11) is 1.56. The van der Waals surface area contributed by atoms with Crippen molar-refractivity contribution >= 4 is 22.7 Å². The Morgan fingerprint density at radius 1 is 1.44 bits per heavy atom. The molecule has 0 fully saturated rings. The molecule has 5 heteroatoms. The number of hydrogen-bond acceptors (Lipinski definition) is 4. The summed E-state index contributed by atoms with van der Waals surface area (Å²) in [5.41, 5.74) is 0. The number of hydrogen-bond donors (Lipinski definition) is 2. The van der Waals surface area contributed by atoms with E-state index in [-0.39, 0.29) is 5.91 Å². The van der Waals surface area contributed by atoms with Gasteiger partial charge in [0.15, 0.2) is 0 Å². The lowest BCUT2D eigenvalue weighted by atomic mass is 10.2. The van der Waals surface area contributed by atoms with Gasteiger partial charge in [-0.05, 0) is 19.1 Å². The van der Waals surface area contributed by atoms with E-state index in [0.717, 1.165) is 4.90 Å². The van der Waals surface area contributed by atoms with Gasteiger partial charge in [0, 0.05) is 11.9 Å². The van der Waals surface area contributed by atoms with E-state index in [1.165, 1.54) is 11.8 Å². The van der Waals surface area contributed by atoms with Gasteiger partial charge in [0.25, 0.3) is 0 Å². The zero-order valence-corrected chi connectivity index (χ0v) is 9.99. The Hall–Kier alpha value is -1.49. The van der Waals surface area contributed by atoms with Crippen LogP contribution in [0.3, 0.4) is 0 Å². The predicted octanol–water partition coefficient (Wildman–Crippen LogP) is 1.95. The van der Waals surface area contributed by atoms with E-state index >= 15 is 0 Å². The minimum Gasteiger partial charge on any atom is -0.410 e. The number of carbonyl (C=O) groups is 1. The van der Waals surface area contributed by atoms with Gasteiger partial charge in [0.1, 0.15) is 5.04 Å². The molecule has 0 radical (unpaired) electrons. The molecule has 0 spiro atoms. The minimum absolute atomic E-state index is 0.170. The highest BCUT2D eigenvalue weighted by atomic mass is 32.2. The highest BCUT2D eigenvalue weighted by Crippen LogP contribution is 2.23. The van der Waals surface area contributed by atoms with Crippen molar-refractivity contribution in [1.29, 1.82) is 0 Å². The SMILES string of the molecule is CNC(=O)C(C)/C(=N\O)Sc1ccccc1. The van der Waals surface area contributed by atoms with Crippen LogP contribution >= 0.6 is 11.8 Å². The maximum Gasteiger partial charge on any atom is 0.229 e. The van der Waals surface area contributed by atoms with Gasteiger partial charge in [-0.2, -0.15) is 0 Å². The summed E-state index contributed by atoms with van der Waals surface area (Å²) < 4.78 is 0. The van der Waals surface area contributed by atoms with Gasteiger partial charge in [-0.15, -0.1) is 0 Å². The van der Waals surface area contributed by atoms with Crippen LogP contribution in [0.25, 0.3) is 0 Å². The van der Waals surface area contributed by atoms with Crippen molar-refractivity contribution in [1.82, 2.24) is 5.32 Å². The number of benzene rings is 1. The molecule has 0 bridgehead atoms. The van der Waals surface area contributed by atoms with Gasteiger partial charge in [0.2, 0.25) is 5.91 Å². The van der Waals surface area contributed by atoms with E-state index < -0.39 is 5.92 Å². The zero-order valence-electron chi connectivity index (χ0n) is 9.18. The fraction of sp³-hybridized carbons (Fsp3) is 0.273. The monoisotopic (exact) mass is 238 g/mol. The van der Waals surface area contributed by atoms with E-state index in [9.17, 15) is 4.79 Å². The van der Waals surface area contributed by atoms with Crippen molar-refractivity contribution in [3.8, 4) is 0 Å². The maximum atomic E-state index is 11.4. The van der Waals surface area contributed by atoms with Gasteiger partial charge in [-0.3, -0.25) is 4.79 Å². The molecule has 1 aromatic carbocycles. The molecule has 1 rings (SSSR count). The predicted molar refractivity (Wildman–Crippen MR) is 64.8 cm³/mol. The van der Waals surface area contributed by atoms with Crippen LogP contribution in [0.15, 0.2) is 40.4 Å². The number of thioether (sulfide) groups is 1. The van der Waals surface area contributed by atoms with E-state index in [2.05, 4.69) is 10.5 Å². The fourth-order valence-corrected chi connectivity index (χ4v) is 1.99. The number of nitrogens with zero attached hydrogens (tertiary/aromatic N) is 1. The van der Waals surface area contributed by atoms with Gasteiger partial charge in [-0.1, -0.05) is 35.1 Å². The van der Waals surface area contributed by atoms with Crippen molar-refractivity contribution < 1.29 is 10.0 Å². The van der Waals surface area contributed by atoms with Crippen LogP contribution in [-0.4, -0.2) is 23.2 Å². The first-order valence-corrected chi connectivity index (χ1v) is 5.67. The summed E-state index contributed by atoms with van der Waals surface area (Å²) in [4.78, 5) is 12.3. The molecule has 0 heterocycles. The summed E-state index contributed by atoms with van der Waals surface area (Å²) >= 11 is 1.28. The minimum atomic E-state index is -0.458. The second-order valence-electron chi connectivity index (χ2n) is 3.19. The Kier molecular flexibility index (Phi) is 4.85. The molecule has 1 unspecified atom stereocenters. The van der Waals surface area contributed by atoms with Crippen LogP contribution in [0.5, 0.6) is 0 Å². The largest absolute Gasteiger partial charge is 0.410 e. The van der Waals surface area contributed by atoms with Crippen LogP contribution in [0.2, 0.25) is 0 Å². The molecule has 0 aliphatic heterocycles. The van der Waals surface area contributed by atoms with Gasteiger partial charge >= 0.3 is 0 Å². The van der Waals surface area contributed by atoms with Crippen LogP contribution in [0.1, 0.15) is 6.92 Å². The molecule has 0 aliphatic carbocycles. The average Bonchev–Trinajstić information content (AvgIpc) is 2.35. The number of amides is 1. The third-order valence-corrected chi connectivity index (χ3v) is 3.23. The van der Waals surface area contributed by atoms with E-state index in [1.54, 1.807) is 14.0 Å². The first kappa shape index (κ1) is 12.6. The summed E-state index contributed by atoms with van der Waals surface area (Å²) in [6, 6.07) is 9.48. The van der Waals surface area contributed by atoms with E-state index in [4.69, 9.17) is 5.21 Å². The molecule has 16 heavy (non-hydrogen) atoms. The topological polar surface area (TPSA) is 61.7 Å². The molecular weight excluding hydrogens is 224 g/mol. The molecule has 0 aromatic heterocycles. The normalized spacial score (nSPS) is 13.2. The molecule has 0 saturated heterocycles. The Bertz CT molecular complexity index is 379. The summed E-state index contributed by atoms with van der Waals surface area (Å²) in [5, 5.41) is 15.0. The lowest BCUT2D eigenvalue weighted by Gasteiger charge is -2.10. The average molecular weight is 238 g/mol. The highest BCUT2D eigenvalue weighted by Gasteiger charge is 2.19. The van der Waals surface area contributed by atoms with Crippen LogP contribution in [0, 0.1) is 5.92 Å². The maximum absolute atomic E-state index is 11.4. The summed E-state index contributed by atoms with van der Waals surface area (Å²) in [5.74, 6) is -0.628. The van der Waals surface area contributed by atoms with Crippen molar-refractivity contribution in [3.05, 3.63) is 30.3 Å². The fourth-order valence-electron chi connectivity index (χ4n) is 1.13. The van der Waals surface area contributed by atoms with Crippen molar-refractivity contribution in [2.24, 2.45) is 11.1 Å². The molecular formula is C11H14N2O2S. The molecule has 1 amide bonds. The van der Waals surface area contributed by atoms with Crippen LogP contribution in [0.4, 0.5) is 0 Å². The lowest BCUT2D eigenvalue weighted by Crippen LogP contribution is -2.29. The lowest BCUT2D eigenvalue weighted by molar-refractivity contribution is -0.122. The van der Waals surface area contributed by atoms with E-state index in [1.807, 2.05) is 30.3 Å². The number of oxime groups is 1. The third kappa shape index (κ3) is 3.27. The molecule has 0 aliphatic rings. The number of carbonyl (C=O) groups excluding carboxylic acids is 1. The van der Waals surface area contributed by atoms with Crippen LogP contribution < -0.4 is 5.32 Å². The number of nitrogens with one attached hydrogen (secondary N) is 1. The summed E-state index contributed by atoms with van der Waals surface area (Å²) in [6.07, 6.45) is 0. The Morgan fingerprint density at radius 2 is 2.06 bits per heavy atom. The van der Waals surface area contributed by atoms with E-state index in [0.29, 0.717) is 5.04 Å². The van der Waals surface area contributed by atoms with Gasteiger partial charge in [-0.25, -0.2) is 0 Å². The second kappa shape index (κ2) is 6.17. The molecule has 86 valence electrons. The summed E-state index contributed by atoms with van der Waals surface area (Å²) in [6.45, 7) is 1.70. The second-order valence-corrected chi connectivity index (χ2v) is 4.28. The van der Waals surface area contributed by atoms with Gasteiger partial charge < -0.3 is 10.5 Å². The standard InChI is InChI=1S/C11H14N2O2S/c1-8(10(14)12-2)11(13-15)16-9-6-4-3-5-7-9/h3-8,15H,1-2H3,(H,12,14)/b13-11+. The molecule has 0 saturated carbocycles.